The molecule has 62 valence electrons. The molecule has 0 radical (unpaired) electrons. The largest absolute Gasteiger partial charge is 1.00 e. The van der Waals surface area contributed by atoms with Crippen molar-refractivity contribution in [3.63, 3.8) is 0 Å². The molecule has 1 fully saturated rings. The molecule has 0 aromatic heterocycles. The van der Waals surface area contributed by atoms with Gasteiger partial charge in [-0.15, -0.1) is 0 Å². The van der Waals surface area contributed by atoms with Gasteiger partial charge in [0, 0.05) is 0 Å². The van der Waals surface area contributed by atoms with E-state index in [0.717, 1.165) is 11.1 Å². The number of quaternary nitrogens is 1. The second kappa shape index (κ2) is 3.26. The molecule has 1 saturated heterocycles. The van der Waals surface area contributed by atoms with E-state index in [1.165, 1.54) is 0 Å². The number of nitrogens with zero attached hydrogens (tertiary/aromatic N) is 1. The summed E-state index contributed by atoms with van der Waals surface area (Å²) in [5, 5.41) is 0. The van der Waals surface area contributed by atoms with Crippen molar-refractivity contribution in [1.82, 2.24) is 0 Å². The second-order valence-electron chi connectivity index (χ2n) is 3.36. The number of rotatable bonds is 2. The Morgan fingerprint density at radius 3 is 2.00 bits per heavy atom. The Morgan fingerprint density at radius 1 is 1.50 bits per heavy atom. The minimum Gasteiger partial charge on any atom is -1.00 e. The molecule has 2 atom stereocenters. The maximum atomic E-state index is 6.00. The average molecular weight is 186 g/mol. The SMILES string of the molecule is C[N+](C)(C)C(Cl)C1CO1.[Cl-]. The third kappa shape index (κ3) is 2.62. The molecule has 0 N–H and O–H groups in total. The maximum absolute atomic E-state index is 6.00. The van der Waals surface area contributed by atoms with Crippen LogP contribution in [0.15, 0.2) is 0 Å². The lowest BCUT2D eigenvalue weighted by molar-refractivity contribution is -0.883. The Balaban J connectivity index is 0.000000810. The van der Waals surface area contributed by atoms with Gasteiger partial charge >= 0.3 is 0 Å². The van der Waals surface area contributed by atoms with Crippen LogP contribution in [0.4, 0.5) is 0 Å². The molecule has 0 aliphatic carbocycles. The zero-order chi connectivity index (χ0) is 7.07. The van der Waals surface area contributed by atoms with Crippen LogP contribution in [-0.2, 0) is 4.74 Å². The third-order valence-corrected chi connectivity index (χ3v) is 2.27. The molecule has 10 heavy (non-hydrogen) atoms. The van der Waals surface area contributed by atoms with Gasteiger partial charge in [0.05, 0.1) is 27.7 Å². The van der Waals surface area contributed by atoms with E-state index in [0.29, 0.717) is 6.10 Å². The van der Waals surface area contributed by atoms with Crippen LogP contribution in [0.1, 0.15) is 0 Å². The van der Waals surface area contributed by atoms with E-state index < -0.39 is 0 Å². The molecular formula is C6H13Cl2NO. The quantitative estimate of drug-likeness (QED) is 0.204. The highest BCUT2D eigenvalue weighted by Crippen LogP contribution is 2.23. The molecule has 1 aliphatic rings. The van der Waals surface area contributed by atoms with Crippen LogP contribution in [0, 0.1) is 0 Å². The van der Waals surface area contributed by atoms with Crippen LogP contribution >= 0.6 is 11.6 Å². The van der Waals surface area contributed by atoms with Crippen LogP contribution in [0.3, 0.4) is 0 Å². The van der Waals surface area contributed by atoms with Crippen molar-refractivity contribution < 1.29 is 21.6 Å². The summed E-state index contributed by atoms with van der Waals surface area (Å²) in [5.41, 5.74) is 0.116. The van der Waals surface area contributed by atoms with Crippen LogP contribution < -0.4 is 12.4 Å². The highest BCUT2D eigenvalue weighted by atomic mass is 35.5. The summed E-state index contributed by atoms with van der Waals surface area (Å²) in [6, 6.07) is 0. The summed E-state index contributed by atoms with van der Waals surface area (Å²) < 4.78 is 5.82. The van der Waals surface area contributed by atoms with Crippen molar-refractivity contribution >= 4 is 11.6 Å². The maximum Gasteiger partial charge on any atom is 0.192 e. The molecule has 0 saturated carbocycles. The zero-order valence-electron chi connectivity index (χ0n) is 6.47. The number of ether oxygens (including phenoxy) is 1. The molecule has 0 spiro atoms. The third-order valence-electron chi connectivity index (χ3n) is 1.41. The van der Waals surface area contributed by atoms with E-state index in [4.69, 9.17) is 16.3 Å². The number of likely N-dealkylation sites (N-methyl/N-ethyl adjacent to an activating group) is 1. The summed E-state index contributed by atoms with van der Waals surface area (Å²) in [5.74, 6) is 0. The predicted octanol–water partition coefficient (Wildman–Crippen LogP) is -2.34. The van der Waals surface area contributed by atoms with Gasteiger partial charge in [-0.1, -0.05) is 11.6 Å². The summed E-state index contributed by atoms with van der Waals surface area (Å²) in [7, 11) is 6.21. The standard InChI is InChI=1S/C6H13ClNO.ClH/c1-8(2,3)6(7)5-4-9-5;/h5-6H,4H2,1-3H3;1H/q+1;/p-1. The fraction of sp³-hybridized carbons (Fsp3) is 1.00. The lowest BCUT2D eigenvalue weighted by Gasteiger charge is -2.28. The minimum atomic E-state index is 0. The molecule has 0 amide bonds. The van der Waals surface area contributed by atoms with E-state index in [9.17, 15) is 0 Å². The van der Waals surface area contributed by atoms with Gasteiger partial charge in [-0.25, -0.2) is 0 Å². The zero-order valence-corrected chi connectivity index (χ0v) is 7.99. The van der Waals surface area contributed by atoms with Crippen molar-refractivity contribution in [3.8, 4) is 0 Å². The lowest BCUT2D eigenvalue weighted by Crippen LogP contribution is -3.00. The first kappa shape index (κ1) is 10.5. The number of epoxide rings is 1. The molecule has 1 aliphatic heterocycles. The van der Waals surface area contributed by atoms with Crippen LogP contribution in [0.5, 0.6) is 0 Å². The van der Waals surface area contributed by atoms with Crippen LogP contribution in [-0.4, -0.2) is 43.8 Å². The lowest BCUT2D eigenvalue weighted by atomic mass is 10.4. The molecule has 4 heteroatoms. The van der Waals surface area contributed by atoms with Gasteiger partial charge in [0.1, 0.15) is 6.10 Å². The Bertz CT molecular complexity index is 109. The summed E-state index contributed by atoms with van der Waals surface area (Å²) >= 11 is 6.00. The topological polar surface area (TPSA) is 12.5 Å². The molecule has 2 unspecified atom stereocenters. The molecule has 0 aromatic rings. The molecule has 2 nitrogen and oxygen atoms in total. The van der Waals surface area contributed by atoms with Crippen LogP contribution in [0.25, 0.3) is 0 Å². The number of halogens is 2. The Labute approximate surface area is 73.1 Å². The highest BCUT2D eigenvalue weighted by Gasteiger charge is 2.39. The summed E-state index contributed by atoms with van der Waals surface area (Å²) in [6.45, 7) is 0.837. The number of alkyl halides is 1. The van der Waals surface area contributed by atoms with Crippen molar-refractivity contribution in [2.24, 2.45) is 0 Å². The fourth-order valence-corrected chi connectivity index (χ4v) is 0.859. The first-order valence-electron chi connectivity index (χ1n) is 3.08. The Morgan fingerprint density at radius 2 is 1.90 bits per heavy atom. The van der Waals surface area contributed by atoms with Gasteiger partial charge in [0.15, 0.2) is 5.50 Å². The van der Waals surface area contributed by atoms with Gasteiger partial charge in [-0.05, 0) is 0 Å². The summed E-state index contributed by atoms with van der Waals surface area (Å²) in [6.07, 6.45) is 0.298. The number of hydrogen-bond acceptors (Lipinski definition) is 1. The minimum absolute atomic E-state index is 0. The molecular weight excluding hydrogens is 173 g/mol. The van der Waals surface area contributed by atoms with Crippen molar-refractivity contribution in [1.29, 1.82) is 0 Å². The molecule has 0 aromatic carbocycles. The van der Waals surface area contributed by atoms with Crippen molar-refractivity contribution in [2.45, 2.75) is 11.6 Å². The van der Waals surface area contributed by atoms with Gasteiger partial charge in [0.2, 0.25) is 0 Å². The highest BCUT2D eigenvalue weighted by molar-refractivity contribution is 6.20. The van der Waals surface area contributed by atoms with E-state index in [1.807, 2.05) is 0 Å². The van der Waals surface area contributed by atoms with E-state index in [-0.39, 0.29) is 17.9 Å². The first-order chi connectivity index (χ1) is 4.02. The van der Waals surface area contributed by atoms with Crippen molar-refractivity contribution in [3.05, 3.63) is 0 Å². The Kier molecular flexibility index (Phi) is 3.43. The molecule has 1 rings (SSSR count). The van der Waals surface area contributed by atoms with Gasteiger partial charge in [0.25, 0.3) is 0 Å². The smallest absolute Gasteiger partial charge is 0.192 e. The van der Waals surface area contributed by atoms with Gasteiger partial charge in [-0.2, -0.15) is 0 Å². The van der Waals surface area contributed by atoms with Gasteiger partial charge in [-0.3, -0.25) is 0 Å². The summed E-state index contributed by atoms with van der Waals surface area (Å²) in [4.78, 5) is 0. The van der Waals surface area contributed by atoms with E-state index in [1.54, 1.807) is 0 Å². The van der Waals surface area contributed by atoms with Gasteiger partial charge < -0.3 is 21.6 Å². The Hall–Kier alpha value is 0.500. The average Bonchev–Trinajstić information content (AvgIpc) is 2.40. The van der Waals surface area contributed by atoms with E-state index in [2.05, 4.69) is 21.1 Å². The van der Waals surface area contributed by atoms with E-state index >= 15 is 0 Å². The van der Waals surface area contributed by atoms with Crippen molar-refractivity contribution in [2.75, 3.05) is 27.7 Å². The van der Waals surface area contributed by atoms with Crippen LogP contribution in [0.2, 0.25) is 0 Å². The molecule has 0 bridgehead atoms. The first-order valence-corrected chi connectivity index (χ1v) is 3.52. The monoisotopic (exact) mass is 185 g/mol. The number of hydrogen-bond donors (Lipinski definition) is 0. The predicted molar refractivity (Wildman–Crippen MR) is 37.4 cm³/mol. The molecule has 1 heterocycles. The normalized spacial score (nSPS) is 27.0. The second-order valence-corrected chi connectivity index (χ2v) is 3.81. The fourth-order valence-electron chi connectivity index (χ4n) is 0.713.